The maximum atomic E-state index is 12.9. The lowest BCUT2D eigenvalue weighted by molar-refractivity contribution is -0.150. The maximum Gasteiger partial charge on any atom is 0.326 e. The molecule has 7 heteroatoms. The number of carboxylic acid groups (broad SMARTS) is 1. The molecule has 7 nitrogen and oxygen atoms in total. The molecular formula is C53H90N2O5. The molecule has 0 spiro atoms. The average Bonchev–Trinajstić information content (AvgIpc) is 3.23. The third-order valence-electron chi connectivity index (χ3n) is 10.4. The zero-order valence-corrected chi connectivity index (χ0v) is 38.5. The largest absolute Gasteiger partial charge is 0.480 e. The standard InChI is InChI=1S/C53H90N2O5/c1-3-5-7-9-11-13-15-17-18-19-20-21-22-23-24-26-28-30-32-37-41-47-52(57)60-49(43-38-34-31-29-27-25-16-14-12-10-8-6-4-2)44-39-35-33-36-40-46-51(56)55-50(53(58)59)45-42-48-54/h5,7,11,13,16-18,20-21,23-25,29,31,49-50H,3-4,6,8-10,12,14-15,19,22,26-28,30,32-48,54H2,1-2H3,(H,55,56)(H,58,59)/b7-5-,13-11-,18-17-,21-20-,24-23-,25-16-,31-29-. The Morgan fingerprint density at radius 1 is 0.500 bits per heavy atom. The molecule has 0 fully saturated rings. The maximum absolute atomic E-state index is 12.9. The van der Waals surface area contributed by atoms with Crippen molar-refractivity contribution < 1.29 is 24.2 Å². The smallest absolute Gasteiger partial charge is 0.326 e. The number of unbranched alkanes of at least 4 members (excludes halogenated alkanes) is 15. The second-order valence-corrected chi connectivity index (χ2v) is 16.1. The van der Waals surface area contributed by atoms with Crippen LogP contribution in [0.3, 0.4) is 0 Å². The lowest BCUT2D eigenvalue weighted by Gasteiger charge is -2.18. The van der Waals surface area contributed by atoms with E-state index < -0.39 is 12.0 Å². The highest BCUT2D eigenvalue weighted by Crippen LogP contribution is 2.18. The van der Waals surface area contributed by atoms with Gasteiger partial charge in [0.05, 0.1) is 0 Å². The van der Waals surface area contributed by atoms with Crippen LogP contribution < -0.4 is 11.1 Å². The van der Waals surface area contributed by atoms with Crippen LogP contribution in [0.25, 0.3) is 0 Å². The minimum absolute atomic E-state index is 0.0470. The van der Waals surface area contributed by atoms with Crippen molar-refractivity contribution in [2.24, 2.45) is 5.73 Å². The van der Waals surface area contributed by atoms with Gasteiger partial charge in [-0.1, -0.05) is 163 Å². The van der Waals surface area contributed by atoms with E-state index in [4.69, 9.17) is 10.5 Å². The molecule has 0 aromatic heterocycles. The molecule has 4 N–H and O–H groups in total. The highest BCUT2D eigenvalue weighted by atomic mass is 16.5. The number of nitrogens with two attached hydrogens (primary N) is 1. The van der Waals surface area contributed by atoms with Gasteiger partial charge in [-0.05, 0) is 129 Å². The Bertz CT molecular complexity index is 1210. The van der Waals surface area contributed by atoms with Crippen LogP contribution in [-0.2, 0) is 19.1 Å². The van der Waals surface area contributed by atoms with Gasteiger partial charge in [0.1, 0.15) is 12.1 Å². The topological polar surface area (TPSA) is 119 Å². The number of hydrogen-bond acceptors (Lipinski definition) is 5. The summed E-state index contributed by atoms with van der Waals surface area (Å²) in [6.07, 6.45) is 62.0. The van der Waals surface area contributed by atoms with Gasteiger partial charge in [0.25, 0.3) is 0 Å². The minimum atomic E-state index is -1.01. The van der Waals surface area contributed by atoms with Crippen LogP contribution >= 0.6 is 0 Å². The van der Waals surface area contributed by atoms with E-state index in [-0.39, 0.29) is 18.0 Å². The zero-order chi connectivity index (χ0) is 43.8. The van der Waals surface area contributed by atoms with E-state index in [1.165, 1.54) is 51.4 Å². The molecule has 0 aromatic rings. The first-order valence-electron chi connectivity index (χ1n) is 24.4. The van der Waals surface area contributed by atoms with Crippen molar-refractivity contribution in [1.29, 1.82) is 0 Å². The van der Waals surface area contributed by atoms with Crippen molar-refractivity contribution in [1.82, 2.24) is 5.32 Å². The second-order valence-electron chi connectivity index (χ2n) is 16.1. The Kier molecular flexibility index (Phi) is 43.9. The van der Waals surface area contributed by atoms with Crippen LogP contribution in [0.1, 0.15) is 213 Å². The van der Waals surface area contributed by atoms with E-state index >= 15 is 0 Å². The van der Waals surface area contributed by atoms with Gasteiger partial charge in [0.15, 0.2) is 0 Å². The Labute approximate surface area is 368 Å². The van der Waals surface area contributed by atoms with Crippen LogP contribution in [0, 0.1) is 0 Å². The van der Waals surface area contributed by atoms with E-state index in [2.05, 4.69) is 104 Å². The van der Waals surface area contributed by atoms with E-state index in [9.17, 15) is 19.5 Å². The molecule has 342 valence electrons. The molecule has 0 aliphatic carbocycles. The van der Waals surface area contributed by atoms with E-state index in [1.54, 1.807) is 0 Å². The van der Waals surface area contributed by atoms with E-state index in [0.717, 1.165) is 122 Å². The van der Waals surface area contributed by atoms with Crippen molar-refractivity contribution in [3.05, 3.63) is 85.1 Å². The SMILES string of the molecule is CC/C=C\C/C=C\C/C=C\C/C=C\C/C=C\CCCCCCCC(=O)OC(CCC/C=C\C/C=C\CCCCCCC)CCCCCCCC(=O)NC(CCCN)C(=O)O. The Morgan fingerprint density at radius 2 is 0.933 bits per heavy atom. The third kappa shape index (κ3) is 42.7. The number of carboxylic acids is 1. The van der Waals surface area contributed by atoms with Crippen molar-refractivity contribution in [2.75, 3.05) is 6.54 Å². The Hall–Kier alpha value is -3.45. The molecule has 0 aliphatic rings. The number of hydrogen-bond donors (Lipinski definition) is 3. The van der Waals surface area contributed by atoms with Gasteiger partial charge in [0.2, 0.25) is 5.91 Å². The van der Waals surface area contributed by atoms with Gasteiger partial charge in [-0.2, -0.15) is 0 Å². The van der Waals surface area contributed by atoms with Crippen molar-refractivity contribution >= 4 is 17.8 Å². The van der Waals surface area contributed by atoms with Crippen molar-refractivity contribution in [3.63, 3.8) is 0 Å². The fourth-order valence-electron chi connectivity index (χ4n) is 6.81. The quantitative estimate of drug-likeness (QED) is 0.0320. The number of carbonyl (C=O) groups excluding carboxylic acids is 2. The summed E-state index contributed by atoms with van der Waals surface area (Å²) in [5.41, 5.74) is 5.49. The van der Waals surface area contributed by atoms with Gasteiger partial charge in [0, 0.05) is 12.8 Å². The number of rotatable bonds is 43. The fraction of sp³-hybridized carbons (Fsp3) is 0.679. The molecule has 60 heavy (non-hydrogen) atoms. The molecule has 0 aromatic carbocycles. The number of amides is 1. The van der Waals surface area contributed by atoms with Gasteiger partial charge in [-0.3, -0.25) is 9.59 Å². The normalized spacial score (nSPS) is 13.4. The van der Waals surface area contributed by atoms with Crippen LogP contribution in [0.5, 0.6) is 0 Å². The molecule has 1 amide bonds. The van der Waals surface area contributed by atoms with E-state index in [0.29, 0.717) is 32.2 Å². The number of aliphatic carboxylic acids is 1. The molecule has 2 unspecified atom stereocenters. The summed E-state index contributed by atoms with van der Waals surface area (Å²) in [6.45, 7) is 4.82. The summed E-state index contributed by atoms with van der Waals surface area (Å²) in [5.74, 6) is -1.29. The fourth-order valence-corrected chi connectivity index (χ4v) is 6.81. The molecule has 0 bridgehead atoms. The van der Waals surface area contributed by atoms with Gasteiger partial charge in [-0.25, -0.2) is 4.79 Å². The summed E-state index contributed by atoms with van der Waals surface area (Å²) < 4.78 is 6.04. The van der Waals surface area contributed by atoms with Crippen molar-refractivity contribution in [2.45, 2.75) is 225 Å². The van der Waals surface area contributed by atoms with Crippen LogP contribution in [0.15, 0.2) is 85.1 Å². The number of ether oxygens (including phenoxy) is 1. The third-order valence-corrected chi connectivity index (χ3v) is 10.4. The summed E-state index contributed by atoms with van der Waals surface area (Å²) in [7, 11) is 0. The molecule has 0 saturated heterocycles. The lowest BCUT2D eigenvalue weighted by Crippen LogP contribution is -2.40. The monoisotopic (exact) mass is 835 g/mol. The molecule has 0 radical (unpaired) electrons. The molecule has 0 saturated carbocycles. The first kappa shape index (κ1) is 56.5. The minimum Gasteiger partial charge on any atom is -0.480 e. The van der Waals surface area contributed by atoms with Gasteiger partial charge in [-0.15, -0.1) is 0 Å². The highest BCUT2D eigenvalue weighted by molar-refractivity contribution is 5.83. The molecular weight excluding hydrogens is 745 g/mol. The number of esters is 1. The predicted molar refractivity (Wildman–Crippen MR) is 257 cm³/mol. The van der Waals surface area contributed by atoms with Crippen LogP contribution in [-0.4, -0.2) is 41.6 Å². The Balaban J connectivity index is 4.40. The second kappa shape index (κ2) is 46.6. The van der Waals surface area contributed by atoms with Crippen molar-refractivity contribution in [3.8, 4) is 0 Å². The number of allylic oxidation sites excluding steroid dienone is 14. The Morgan fingerprint density at radius 3 is 1.45 bits per heavy atom. The first-order valence-corrected chi connectivity index (χ1v) is 24.4. The first-order chi connectivity index (χ1) is 29.4. The molecule has 2 atom stereocenters. The number of carbonyl (C=O) groups is 3. The van der Waals surface area contributed by atoms with E-state index in [1.807, 2.05) is 0 Å². The van der Waals surface area contributed by atoms with Gasteiger partial charge < -0.3 is 20.9 Å². The van der Waals surface area contributed by atoms with Gasteiger partial charge >= 0.3 is 11.9 Å². The average molecular weight is 835 g/mol. The zero-order valence-electron chi connectivity index (χ0n) is 38.5. The summed E-state index contributed by atoms with van der Waals surface area (Å²) >= 11 is 0. The molecule has 0 rings (SSSR count). The molecule has 0 heterocycles. The summed E-state index contributed by atoms with van der Waals surface area (Å²) in [6, 6.07) is -0.867. The summed E-state index contributed by atoms with van der Waals surface area (Å²) in [4.78, 5) is 36.5. The van der Waals surface area contributed by atoms with Crippen LogP contribution in [0.4, 0.5) is 0 Å². The lowest BCUT2D eigenvalue weighted by atomic mass is 10.0. The number of nitrogens with one attached hydrogen (secondary N) is 1. The predicted octanol–water partition coefficient (Wildman–Crippen LogP) is 14.5. The summed E-state index contributed by atoms with van der Waals surface area (Å²) in [5, 5.41) is 12.0. The molecule has 0 aliphatic heterocycles. The highest BCUT2D eigenvalue weighted by Gasteiger charge is 2.19. The van der Waals surface area contributed by atoms with Crippen LogP contribution in [0.2, 0.25) is 0 Å².